The summed E-state index contributed by atoms with van der Waals surface area (Å²) in [6.45, 7) is 5.01. The molecule has 0 bridgehead atoms. The Bertz CT molecular complexity index is 1760. The summed E-state index contributed by atoms with van der Waals surface area (Å²) in [5.41, 5.74) is -0.668. The molecule has 0 saturated carbocycles. The molecule has 1 amide bonds. The minimum Gasteiger partial charge on any atom is -0.456 e. The normalized spacial score (nSPS) is 12.1. The molecule has 0 aliphatic carbocycles. The topological polar surface area (TPSA) is 110 Å². The van der Waals surface area contributed by atoms with E-state index in [0.29, 0.717) is 6.54 Å². The number of alkyl halides is 3. The van der Waals surface area contributed by atoms with Crippen LogP contribution in [0.3, 0.4) is 0 Å². The van der Waals surface area contributed by atoms with E-state index in [1.165, 1.54) is 68.1 Å². The Balaban J connectivity index is 2.04. The Morgan fingerprint density at radius 2 is 1.82 bits per heavy atom. The highest BCUT2D eigenvalue weighted by atomic mass is 32.2. The standard InChI is InChI=1S/C27H26F3N3O5S/c1-5-31-25(34)21-13-18-19(14-33(4)26(35)23(18)32-21)17-12-16(39(36,37)6-2)10-11-22(17)38-24-15(3)8-7-9-20(24)27(28,29)30/h7-14,32H,5-6H2,1-4H3,(H,31,34). The molecule has 2 heterocycles. The molecule has 0 spiro atoms. The van der Waals surface area contributed by atoms with E-state index in [2.05, 4.69) is 10.3 Å². The van der Waals surface area contributed by atoms with E-state index in [-0.39, 0.29) is 49.7 Å². The molecule has 2 aromatic heterocycles. The number of rotatable bonds is 7. The quantitative estimate of drug-likeness (QED) is 0.323. The molecule has 0 unspecified atom stereocenters. The number of pyridine rings is 1. The second-order valence-electron chi connectivity index (χ2n) is 8.90. The number of aryl methyl sites for hydroxylation is 2. The van der Waals surface area contributed by atoms with Crippen LogP contribution in [0.25, 0.3) is 22.0 Å². The number of hydrogen-bond acceptors (Lipinski definition) is 5. The van der Waals surface area contributed by atoms with Crippen LogP contribution in [0.1, 0.15) is 35.5 Å². The van der Waals surface area contributed by atoms with Crippen molar-refractivity contribution in [1.29, 1.82) is 0 Å². The molecule has 4 rings (SSSR count). The predicted octanol–water partition coefficient (Wildman–Crippen LogP) is 5.20. The molecule has 8 nitrogen and oxygen atoms in total. The average molecular weight is 562 g/mol. The van der Waals surface area contributed by atoms with Gasteiger partial charge in [0, 0.05) is 36.3 Å². The molecule has 39 heavy (non-hydrogen) atoms. The molecule has 0 radical (unpaired) electrons. The molecule has 2 N–H and O–H groups in total. The van der Waals surface area contributed by atoms with E-state index >= 15 is 0 Å². The molecule has 206 valence electrons. The number of carbonyl (C=O) groups excluding carboxylic acids is 1. The van der Waals surface area contributed by atoms with Crippen LogP contribution in [0.4, 0.5) is 13.2 Å². The Labute approximate surface area is 222 Å². The number of aromatic amines is 1. The fraction of sp³-hybridized carbons (Fsp3) is 0.259. The third kappa shape index (κ3) is 5.29. The number of fused-ring (bicyclic) bond motifs is 1. The van der Waals surface area contributed by atoms with Gasteiger partial charge in [-0.15, -0.1) is 0 Å². The number of para-hydroxylation sites is 1. The summed E-state index contributed by atoms with van der Waals surface area (Å²) >= 11 is 0. The summed E-state index contributed by atoms with van der Waals surface area (Å²) < 4.78 is 74.1. The van der Waals surface area contributed by atoms with Crippen LogP contribution in [-0.4, -0.2) is 36.2 Å². The van der Waals surface area contributed by atoms with E-state index in [4.69, 9.17) is 4.74 Å². The number of H-pyrrole nitrogens is 1. The van der Waals surface area contributed by atoms with Crippen LogP contribution in [0, 0.1) is 6.92 Å². The smallest absolute Gasteiger partial charge is 0.419 e. The van der Waals surface area contributed by atoms with Crippen molar-refractivity contribution in [3.63, 3.8) is 0 Å². The Hall–Kier alpha value is -4.06. The lowest BCUT2D eigenvalue weighted by Crippen LogP contribution is -2.23. The first-order chi connectivity index (χ1) is 18.3. The first-order valence-corrected chi connectivity index (χ1v) is 13.7. The number of hydrogen-bond donors (Lipinski definition) is 2. The number of nitrogens with one attached hydrogen (secondary N) is 2. The third-order valence-corrected chi connectivity index (χ3v) is 7.99. The number of halogens is 3. The molecular formula is C27H26F3N3O5S. The van der Waals surface area contributed by atoms with Crippen molar-refractivity contribution in [2.45, 2.75) is 31.8 Å². The van der Waals surface area contributed by atoms with Crippen LogP contribution < -0.4 is 15.6 Å². The maximum atomic E-state index is 13.8. The predicted molar refractivity (Wildman–Crippen MR) is 141 cm³/mol. The lowest BCUT2D eigenvalue weighted by molar-refractivity contribution is -0.138. The highest BCUT2D eigenvalue weighted by Gasteiger charge is 2.35. The van der Waals surface area contributed by atoms with Crippen LogP contribution in [-0.2, 0) is 23.1 Å². The first-order valence-electron chi connectivity index (χ1n) is 12.0. The van der Waals surface area contributed by atoms with E-state index in [9.17, 15) is 31.2 Å². The van der Waals surface area contributed by atoms with Crippen molar-refractivity contribution in [3.05, 3.63) is 75.8 Å². The third-order valence-electron chi connectivity index (χ3n) is 6.26. The molecule has 12 heteroatoms. The highest BCUT2D eigenvalue weighted by molar-refractivity contribution is 7.91. The summed E-state index contributed by atoms with van der Waals surface area (Å²) in [6.07, 6.45) is -3.29. The number of amides is 1. The molecule has 0 aliphatic rings. The maximum Gasteiger partial charge on any atom is 0.419 e. The number of sulfone groups is 1. The van der Waals surface area contributed by atoms with E-state index in [1.54, 1.807) is 6.92 Å². The fourth-order valence-electron chi connectivity index (χ4n) is 4.22. The number of aromatic nitrogens is 2. The average Bonchev–Trinajstić information content (AvgIpc) is 3.33. The van der Waals surface area contributed by atoms with Gasteiger partial charge in [-0.1, -0.05) is 19.1 Å². The molecule has 0 saturated heterocycles. The van der Waals surface area contributed by atoms with Crippen molar-refractivity contribution in [2.24, 2.45) is 7.05 Å². The van der Waals surface area contributed by atoms with Crippen molar-refractivity contribution in [2.75, 3.05) is 12.3 Å². The van der Waals surface area contributed by atoms with Gasteiger partial charge < -0.3 is 19.6 Å². The minimum atomic E-state index is -4.71. The molecule has 0 atom stereocenters. The SMILES string of the molecule is CCNC(=O)c1cc2c(-c3cc(S(=O)(=O)CC)ccc3Oc3c(C)cccc3C(F)(F)F)cn(C)c(=O)c2[nH]1. The summed E-state index contributed by atoms with van der Waals surface area (Å²) in [6, 6.07) is 8.93. The minimum absolute atomic E-state index is 0.0643. The van der Waals surface area contributed by atoms with Crippen LogP contribution in [0.2, 0.25) is 0 Å². The van der Waals surface area contributed by atoms with E-state index < -0.39 is 38.8 Å². The Morgan fingerprint density at radius 3 is 2.46 bits per heavy atom. The Morgan fingerprint density at radius 1 is 1.10 bits per heavy atom. The van der Waals surface area contributed by atoms with Crippen LogP contribution >= 0.6 is 0 Å². The largest absolute Gasteiger partial charge is 0.456 e. The van der Waals surface area contributed by atoms with Crippen LogP contribution in [0.15, 0.2) is 58.4 Å². The van der Waals surface area contributed by atoms with Crippen molar-refractivity contribution < 1.29 is 31.1 Å². The lowest BCUT2D eigenvalue weighted by Gasteiger charge is -2.19. The molecule has 4 aromatic rings. The Kier molecular flexibility index (Phi) is 7.35. The van der Waals surface area contributed by atoms with Gasteiger partial charge in [0.15, 0.2) is 9.84 Å². The van der Waals surface area contributed by atoms with Crippen molar-refractivity contribution in [3.8, 4) is 22.6 Å². The van der Waals surface area contributed by atoms with Gasteiger partial charge in [0.2, 0.25) is 0 Å². The second-order valence-corrected chi connectivity index (χ2v) is 11.2. The van der Waals surface area contributed by atoms with E-state index in [0.717, 1.165) is 6.07 Å². The second kappa shape index (κ2) is 10.3. The lowest BCUT2D eigenvalue weighted by atomic mass is 10.0. The summed E-state index contributed by atoms with van der Waals surface area (Å²) in [5.74, 6) is -1.17. The number of carbonyl (C=O) groups is 1. The zero-order valence-electron chi connectivity index (χ0n) is 21.6. The van der Waals surface area contributed by atoms with Gasteiger partial charge in [-0.25, -0.2) is 8.42 Å². The van der Waals surface area contributed by atoms with Crippen molar-refractivity contribution >= 4 is 26.6 Å². The summed E-state index contributed by atoms with van der Waals surface area (Å²) in [5, 5.41) is 2.91. The number of benzene rings is 2. The molecule has 2 aromatic carbocycles. The highest BCUT2D eigenvalue weighted by Crippen LogP contribution is 2.43. The van der Waals surface area contributed by atoms with Gasteiger partial charge in [0.25, 0.3) is 11.5 Å². The fourth-order valence-corrected chi connectivity index (χ4v) is 5.12. The van der Waals surface area contributed by atoms with Gasteiger partial charge in [-0.2, -0.15) is 13.2 Å². The molecule has 0 fully saturated rings. The molecule has 0 aliphatic heterocycles. The summed E-state index contributed by atoms with van der Waals surface area (Å²) in [4.78, 5) is 28.1. The van der Waals surface area contributed by atoms with Gasteiger partial charge in [0.05, 0.1) is 16.2 Å². The van der Waals surface area contributed by atoms with Crippen molar-refractivity contribution in [1.82, 2.24) is 14.9 Å². The van der Waals surface area contributed by atoms with Gasteiger partial charge in [-0.05, 0) is 49.7 Å². The van der Waals surface area contributed by atoms with Gasteiger partial charge in [-0.3, -0.25) is 9.59 Å². The van der Waals surface area contributed by atoms with E-state index in [1.807, 2.05) is 0 Å². The maximum absolute atomic E-state index is 13.8. The van der Waals surface area contributed by atoms with Gasteiger partial charge in [0.1, 0.15) is 22.7 Å². The first kappa shape index (κ1) is 28.0. The zero-order valence-corrected chi connectivity index (χ0v) is 22.4. The number of ether oxygens (including phenoxy) is 1. The van der Waals surface area contributed by atoms with Crippen LogP contribution in [0.5, 0.6) is 11.5 Å². The molecular weight excluding hydrogens is 535 g/mol. The number of nitrogens with zero attached hydrogens (tertiary/aromatic N) is 1. The zero-order chi connectivity index (χ0) is 28.7. The monoisotopic (exact) mass is 561 g/mol. The summed E-state index contributed by atoms with van der Waals surface area (Å²) in [7, 11) is -2.25. The van der Waals surface area contributed by atoms with Gasteiger partial charge >= 0.3 is 6.18 Å².